The van der Waals surface area contributed by atoms with E-state index in [9.17, 15) is 4.79 Å². The third-order valence-corrected chi connectivity index (χ3v) is 4.34. The number of benzene rings is 1. The van der Waals surface area contributed by atoms with Crippen LogP contribution in [-0.2, 0) is 6.54 Å². The Bertz CT molecular complexity index is 712. The maximum Gasteiger partial charge on any atom is 0.254 e. The van der Waals surface area contributed by atoms with Crippen molar-refractivity contribution in [2.24, 2.45) is 0 Å². The summed E-state index contributed by atoms with van der Waals surface area (Å²) in [5.41, 5.74) is 4.78. The molecule has 3 rings (SSSR count). The van der Waals surface area contributed by atoms with Crippen LogP contribution in [0.3, 0.4) is 0 Å². The first-order valence-corrected chi connectivity index (χ1v) is 7.47. The summed E-state index contributed by atoms with van der Waals surface area (Å²) >= 11 is 0. The minimum Gasteiger partial charge on any atom is -0.329 e. The monoisotopic (exact) mass is 293 g/mol. The molecule has 0 atom stereocenters. The van der Waals surface area contributed by atoms with E-state index < -0.39 is 0 Å². The van der Waals surface area contributed by atoms with Gasteiger partial charge >= 0.3 is 0 Å². The van der Waals surface area contributed by atoms with E-state index in [1.54, 1.807) is 4.90 Å². The zero-order chi connectivity index (χ0) is 15.7. The molecule has 1 aromatic rings. The van der Waals surface area contributed by atoms with E-state index in [4.69, 9.17) is 5.26 Å². The van der Waals surface area contributed by atoms with Crippen molar-refractivity contribution in [2.75, 3.05) is 26.7 Å². The molecule has 22 heavy (non-hydrogen) atoms. The second-order valence-electron chi connectivity index (χ2n) is 5.95. The number of amides is 1. The highest BCUT2D eigenvalue weighted by atomic mass is 16.2. The van der Waals surface area contributed by atoms with Gasteiger partial charge in [-0.2, -0.15) is 5.26 Å². The van der Waals surface area contributed by atoms with E-state index in [1.165, 1.54) is 11.1 Å². The van der Waals surface area contributed by atoms with Crippen LogP contribution >= 0.6 is 0 Å². The molecule has 4 nitrogen and oxygen atoms in total. The van der Waals surface area contributed by atoms with Crippen molar-refractivity contribution in [3.8, 4) is 6.07 Å². The van der Waals surface area contributed by atoms with Crippen molar-refractivity contribution in [1.29, 1.82) is 5.26 Å². The molecule has 1 amide bonds. The Balaban J connectivity index is 1.92. The van der Waals surface area contributed by atoms with Gasteiger partial charge in [0.05, 0.1) is 12.6 Å². The standard InChI is InChI=1S/C18H19N3O/c1-13(10-19)11-21-12-17-15(4-3-5-16(17)18(21)22)14-6-8-20(2)9-7-14/h3-6H,1,7-9,11-12H2,2H3. The van der Waals surface area contributed by atoms with Crippen LogP contribution in [0.2, 0.25) is 0 Å². The van der Waals surface area contributed by atoms with E-state index in [0.717, 1.165) is 30.6 Å². The van der Waals surface area contributed by atoms with Crippen molar-refractivity contribution >= 4 is 11.5 Å². The molecule has 0 fully saturated rings. The highest BCUT2D eigenvalue weighted by Crippen LogP contribution is 2.32. The highest BCUT2D eigenvalue weighted by Gasteiger charge is 2.30. The Labute approximate surface area is 130 Å². The minimum absolute atomic E-state index is 0.00165. The Hall–Kier alpha value is -2.38. The topological polar surface area (TPSA) is 47.3 Å². The molecule has 0 aromatic heterocycles. The van der Waals surface area contributed by atoms with E-state index in [1.807, 2.05) is 18.2 Å². The molecule has 112 valence electrons. The van der Waals surface area contributed by atoms with Crippen LogP contribution in [0.1, 0.15) is 27.9 Å². The Morgan fingerprint density at radius 2 is 2.18 bits per heavy atom. The van der Waals surface area contributed by atoms with Gasteiger partial charge in [-0.05, 0) is 36.2 Å². The average Bonchev–Trinajstić information content (AvgIpc) is 2.84. The summed E-state index contributed by atoms with van der Waals surface area (Å²) in [6.07, 6.45) is 3.26. The number of carbonyl (C=O) groups excluding carboxylic acids is 1. The van der Waals surface area contributed by atoms with Crippen molar-refractivity contribution in [3.63, 3.8) is 0 Å². The van der Waals surface area contributed by atoms with E-state index >= 15 is 0 Å². The van der Waals surface area contributed by atoms with E-state index in [-0.39, 0.29) is 5.91 Å². The molecule has 0 bridgehead atoms. The summed E-state index contributed by atoms with van der Waals surface area (Å²) < 4.78 is 0. The Morgan fingerprint density at radius 1 is 1.41 bits per heavy atom. The molecule has 2 aliphatic rings. The average molecular weight is 293 g/mol. The van der Waals surface area contributed by atoms with Gasteiger partial charge in [0.2, 0.25) is 0 Å². The molecule has 0 N–H and O–H groups in total. The molecule has 4 heteroatoms. The summed E-state index contributed by atoms with van der Waals surface area (Å²) in [5.74, 6) is 0.00165. The second-order valence-corrected chi connectivity index (χ2v) is 5.95. The molecule has 2 aliphatic heterocycles. The first kappa shape index (κ1) is 14.6. The zero-order valence-electron chi connectivity index (χ0n) is 12.8. The fourth-order valence-corrected chi connectivity index (χ4v) is 3.10. The van der Waals surface area contributed by atoms with Gasteiger partial charge in [0.15, 0.2) is 0 Å². The third kappa shape index (κ3) is 2.56. The van der Waals surface area contributed by atoms with Gasteiger partial charge in [0.1, 0.15) is 0 Å². The van der Waals surface area contributed by atoms with Crippen molar-refractivity contribution in [2.45, 2.75) is 13.0 Å². The molecule has 2 heterocycles. The molecule has 0 saturated carbocycles. The van der Waals surface area contributed by atoms with Crippen LogP contribution in [0.25, 0.3) is 5.57 Å². The lowest BCUT2D eigenvalue weighted by molar-refractivity contribution is 0.0794. The number of hydrogen-bond donors (Lipinski definition) is 0. The first-order chi connectivity index (χ1) is 10.6. The van der Waals surface area contributed by atoms with Crippen LogP contribution < -0.4 is 0 Å². The Kier molecular flexibility index (Phi) is 3.82. The number of likely N-dealkylation sites (N-methyl/N-ethyl adjacent to an activating group) is 1. The summed E-state index contributed by atoms with van der Waals surface area (Å²) in [6.45, 7) is 6.55. The Morgan fingerprint density at radius 3 is 2.86 bits per heavy atom. The predicted molar refractivity (Wildman–Crippen MR) is 86.0 cm³/mol. The van der Waals surface area contributed by atoms with Crippen molar-refractivity contribution in [1.82, 2.24) is 9.80 Å². The summed E-state index contributed by atoms with van der Waals surface area (Å²) in [4.78, 5) is 16.5. The molecule has 1 aromatic carbocycles. The highest BCUT2D eigenvalue weighted by molar-refractivity contribution is 6.00. The molecule has 0 saturated heterocycles. The molecule has 0 spiro atoms. The van der Waals surface area contributed by atoms with Gasteiger partial charge in [-0.1, -0.05) is 24.8 Å². The number of hydrogen-bond acceptors (Lipinski definition) is 3. The number of nitrogens with zero attached hydrogens (tertiary/aromatic N) is 3. The smallest absolute Gasteiger partial charge is 0.254 e. The maximum absolute atomic E-state index is 12.5. The normalized spacial score (nSPS) is 17.9. The molecular formula is C18H19N3O. The molecular weight excluding hydrogens is 274 g/mol. The number of nitriles is 1. The quantitative estimate of drug-likeness (QED) is 0.804. The predicted octanol–water partition coefficient (Wildman–Crippen LogP) is 2.44. The summed E-state index contributed by atoms with van der Waals surface area (Å²) in [5, 5.41) is 8.88. The lowest BCUT2D eigenvalue weighted by Gasteiger charge is -2.23. The fourth-order valence-electron chi connectivity index (χ4n) is 3.10. The van der Waals surface area contributed by atoms with Gasteiger partial charge in [0.25, 0.3) is 5.91 Å². The van der Waals surface area contributed by atoms with Gasteiger partial charge in [-0.25, -0.2) is 0 Å². The second kappa shape index (κ2) is 5.78. The van der Waals surface area contributed by atoms with Crippen LogP contribution in [-0.4, -0.2) is 42.4 Å². The number of rotatable bonds is 3. The summed E-state index contributed by atoms with van der Waals surface area (Å²) in [7, 11) is 2.11. The van der Waals surface area contributed by atoms with E-state index in [2.05, 4.69) is 30.7 Å². The van der Waals surface area contributed by atoms with Crippen molar-refractivity contribution < 1.29 is 4.79 Å². The lowest BCUT2D eigenvalue weighted by atomic mass is 9.93. The first-order valence-electron chi connectivity index (χ1n) is 7.47. The van der Waals surface area contributed by atoms with E-state index in [0.29, 0.717) is 18.7 Å². The van der Waals surface area contributed by atoms with Gasteiger partial charge in [-0.15, -0.1) is 0 Å². The summed E-state index contributed by atoms with van der Waals surface area (Å²) in [6, 6.07) is 7.95. The van der Waals surface area contributed by atoms with Gasteiger partial charge in [-0.3, -0.25) is 4.79 Å². The van der Waals surface area contributed by atoms with Crippen LogP contribution in [0.4, 0.5) is 0 Å². The fraction of sp³-hybridized carbons (Fsp3) is 0.333. The molecule has 0 unspecified atom stereocenters. The van der Waals surface area contributed by atoms with Gasteiger partial charge < -0.3 is 9.80 Å². The third-order valence-electron chi connectivity index (χ3n) is 4.34. The SMILES string of the molecule is C=C(C#N)CN1Cc2c(cccc2C2=CCN(C)CC2)C1=O. The zero-order valence-corrected chi connectivity index (χ0v) is 12.8. The van der Waals surface area contributed by atoms with Crippen LogP contribution in [0.15, 0.2) is 36.4 Å². The number of carbonyl (C=O) groups is 1. The lowest BCUT2D eigenvalue weighted by Crippen LogP contribution is -2.25. The molecule has 0 radical (unpaired) electrons. The van der Waals surface area contributed by atoms with Crippen LogP contribution in [0.5, 0.6) is 0 Å². The largest absolute Gasteiger partial charge is 0.329 e. The number of fused-ring (bicyclic) bond motifs is 1. The van der Waals surface area contributed by atoms with Crippen LogP contribution in [0, 0.1) is 11.3 Å². The maximum atomic E-state index is 12.5. The van der Waals surface area contributed by atoms with Gasteiger partial charge in [0, 0.05) is 30.8 Å². The minimum atomic E-state index is 0.00165. The van der Waals surface area contributed by atoms with Crippen molar-refractivity contribution in [3.05, 3.63) is 53.1 Å². The molecule has 0 aliphatic carbocycles.